The first-order valence-electron chi connectivity index (χ1n) is 11.9. The minimum atomic E-state index is -4.76. The molecule has 14 heteroatoms. The van der Waals surface area contributed by atoms with Crippen LogP contribution in [0.15, 0.2) is 30.3 Å². The Bertz CT molecular complexity index is 1210. The summed E-state index contributed by atoms with van der Waals surface area (Å²) in [6.45, 7) is 0.495. The zero-order valence-corrected chi connectivity index (χ0v) is 20.5. The van der Waals surface area contributed by atoms with Gasteiger partial charge in [0, 0.05) is 12.3 Å². The lowest BCUT2D eigenvalue weighted by atomic mass is 9.41. The molecule has 1 aromatic rings. The highest BCUT2D eigenvalue weighted by atomic mass is 32.2. The van der Waals surface area contributed by atoms with Crippen molar-refractivity contribution in [1.29, 1.82) is 0 Å². The van der Waals surface area contributed by atoms with E-state index in [0.717, 1.165) is 0 Å². The van der Waals surface area contributed by atoms with Crippen LogP contribution in [0.3, 0.4) is 0 Å². The zero-order chi connectivity index (χ0) is 26.6. The number of benzene rings is 1. The number of esters is 1. The van der Waals surface area contributed by atoms with Crippen molar-refractivity contribution in [2.45, 2.75) is 72.9 Å². The van der Waals surface area contributed by atoms with Gasteiger partial charge < -0.3 is 44.1 Å². The molecule has 4 aliphatic heterocycles. The molecule has 1 aromatic carbocycles. The average Bonchev–Trinajstić information content (AvgIpc) is 3.07. The van der Waals surface area contributed by atoms with E-state index in [1.54, 1.807) is 37.3 Å². The van der Waals surface area contributed by atoms with E-state index in [4.69, 9.17) is 23.7 Å². The third-order valence-corrected chi connectivity index (χ3v) is 10.4. The van der Waals surface area contributed by atoms with Crippen LogP contribution in [0.2, 0.25) is 0 Å². The number of ether oxygens (including phenoxy) is 5. The molecule has 0 radical (unpaired) electrons. The summed E-state index contributed by atoms with van der Waals surface area (Å²) in [5.41, 5.74) is -4.01. The Balaban J connectivity index is 1.38. The lowest BCUT2D eigenvalue weighted by Gasteiger charge is -2.68. The molecule has 6 bridgehead atoms. The van der Waals surface area contributed by atoms with Crippen LogP contribution < -0.4 is 0 Å². The number of carbonyl (C=O) groups excluding carboxylic acids is 1. The number of hydrogen-bond donors (Lipinski definition) is 5. The number of aliphatic hydroxyl groups excluding tert-OH is 4. The minimum absolute atomic E-state index is 0.0301. The van der Waals surface area contributed by atoms with Crippen LogP contribution in [0.4, 0.5) is 0 Å². The zero-order valence-electron chi connectivity index (χ0n) is 19.7. The van der Waals surface area contributed by atoms with Crippen molar-refractivity contribution >= 4 is 16.1 Å². The maximum absolute atomic E-state index is 12.8. The molecule has 4 heterocycles. The summed E-state index contributed by atoms with van der Waals surface area (Å²) in [6, 6.07) is 8.13. The standard InChI is InChI=1S/C23H28O13S/c1-20-9-22(37(29,30)31)13-7-23(20,34-18-16(27)15(26)14(25)12(8-24)33-18)21(13,19(35-20)36-22)10-32-17(28)11-5-3-2-4-6-11/h2-6,12-16,18-19,24-27H,7-10H2,1H3,(H,29,30,31)/t12-,13-,14-,15+,16-,18+,19?,20+,21?,22?,23-/m1/s1. The molecular formula is C23H28O13S. The van der Waals surface area contributed by atoms with Crippen LogP contribution in [-0.4, -0.2) is 106 Å². The Morgan fingerprint density at radius 1 is 1.11 bits per heavy atom. The Kier molecular flexibility index (Phi) is 5.46. The van der Waals surface area contributed by atoms with Crippen LogP contribution in [0.1, 0.15) is 30.1 Å². The molecular weight excluding hydrogens is 516 g/mol. The molecule has 11 atom stereocenters. The summed E-state index contributed by atoms with van der Waals surface area (Å²) in [6.07, 6.45) is -9.44. The van der Waals surface area contributed by atoms with Crippen LogP contribution in [0.25, 0.3) is 0 Å². The van der Waals surface area contributed by atoms with Crippen LogP contribution in [0, 0.1) is 11.3 Å². The fraction of sp³-hybridized carbons (Fsp3) is 0.696. The van der Waals surface area contributed by atoms with Gasteiger partial charge >= 0.3 is 5.97 Å². The van der Waals surface area contributed by atoms with Crippen molar-refractivity contribution in [2.75, 3.05) is 13.2 Å². The van der Waals surface area contributed by atoms with Crippen LogP contribution in [0.5, 0.6) is 0 Å². The summed E-state index contributed by atoms with van der Waals surface area (Å²) in [5.74, 6) is -1.58. The Hall–Kier alpha value is -1.72. The van der Waals surface area contributed by atoms with Gasteiger partial charge in [-0.1, -0.05) is 18.2 Å². The first-order chi connectivity index (χ1) is 17.4. The lowest BCUT2D eigenvalue weighted by Crippen LogP contribution is -2.81. The minimum Gasteiger partial charge on any atom is -0.461 e. The van der Waals surface area contributed by atoms with E-state index in [-0.39, 0.29) is 18.4 Å². The highest BCUT2D eigenvalue weighted by Crippen LogP contribution is 2.83. The van der Waals surface area contributed by atoms with Crippen molar-refractivity contribution in [1.82, 2.24) is 0 Å². The van der Waals surface area contributed by atoms with Gasteiger partial charge in [-0.25, -0.2) is 4.79 Å². The highest BCUT2D eigenvalue weighted by Gasteiger charge is 2.96. The number of rotatable bonds is 7. The number of carbonyl (C=O) groups is 1. The van der Waals surface area contributed by atoms with Gasteiger partial charge in [-0.3, -0.25) is 4.55 Å². The third kappa shape index (κ3) is 2.99. The smallest absolute Gasteiger partial charge is 0.338 e. The Labute approximate surface area is 211 Å². The van der Waals surface area contributed by atoms with Crippen LogP contribution in [-0.2, 0) is 33.8 Å². The molecule has 0 amide bonds. The maximum atomic E-state index is 12.8. The SMILES string of the molecule is C[C@@]12CC3(S(=O)(=O)O)OC(O1)C1(COC(=O)c4ccccc4)[C@H]3C[C@]12O[C@@H]1O[C@H](CO)[C@@H](O)[C@H](O)[C@H]1O. The monoisotopic (exact) mass is 544 g/mol. The predicted molar refractivity (Wildman–Crippen MR) is 118 cm³/mol. The molecule has 7 fully saturated rings. The lowest BCUT2D eigenvalue weighted by molar-refractivity contribution is -0.393. The third-order valence-electron chi connectivity index (χ3n) is 8.98. The van der Waals surface area contributed by atoms with Crippen molar-refractivity contribution in [3.63, 3.8) is 0 Å². The van der Waals surface area contributed by atoms with Gasteiger partial charge in [0.2, 0.25) is 4.93 Å². The molecule has 3 aliphatic carbocycles. The number of hydrogen-bond acceptors (Lipinski definition) is 12. The maximum Gasteiger partial charge on any atom is 0.338 e. The molecule has 37 heavy (non-hydrogen) atoms. The summed E-state index contributed by atoms with van der Waals surface area (Å²) in [7, 11) is -4.76. The second kappa shape index (κ2) is 7.91. The second-order valence-corrected chi connectivity index (χ2v) is 12.3. The average molecular weight is 545 g/mol. The molecule has 0 aromatic heterocycles. The fourth-order valence-corrected chi connectivity index (χ4v) is 8.49. The molecule has 0 spiro atoms. The van der Waals surface area contributed by atoms with Gasteiger partial charge in [0.15, 0.2) is 12.6 Å². The van der Waals surface area contributed by atoms with Crippen molar-refractivity contribution in [3.8, 4) is 0 Å². The van der Waals surface area contributed by atoms with E-state index < -0.39 is 93.8 Å². The first kappa shape index (κ1) is 25.6. The van der Waals surface area contributed by atoms with Gasteiger partial charge in [-0.2, -0.15) is 8.42 Å². The van der Waals surface area contributed by atoms with E-state index in [1.807, 2.05) is 0 Å². The summed E-state index contributed by atoms with van der Waals surface area (Å²) >= 11 is 0. The topological polar surface area (TPSA) is 199 Å². The molecule has 3 saturated carbocycles. The van der Waals surface area contributed by atoms with Gasteiger partial charge in [-0.05, 0) is 25.5 Å². The Morgan fingerprint density at radius 3 is 2.46 bits per heavy atom. The van der Waals surface area contributed by atoms with E-state index >= 15 is 0 Å². The highest BCUT2D eigenvalue weighted by molar-refractivity contribution is 7.87. The van der Waals surface area contributed by atoms with E-state index in [9.17, 15) is 38.2 Å². The number of aliphatic hydroxyl groups is 4. The summed E-state index contributed by atoms with van der Waals surface area (Å²) in [4.78, 5) is 10.8. The van der Waals surface area contributed by atoms with E-state index in [0.29, 0.717) is 0 Å². The second-order valence-electron chi connectivity index (χ2n) is 10.6. The van der Waals surface area contributed by atoms with Crippen molar-refractivity contribution in [3.05, 3.63) is 35.9 Å². The predicted octanol–water partition coefficient (Wildman–Crippen LogP) is -1.46. The fourth-order valence-electron chi connectivity index (χ4n) is 7.17. The van der Waals surface area contributed by atoms with Crippen molar-refractivity contribution in [2.24, 2.45) is 11.3 Å². The van der Waals surface area contributed by atoms with Crippen molar-refractivity contribution < 1.29 is 61.9 Å². The molecule has 13 nitrogen and oxygen atoms in total. The van der Waals surface area contributed by atoms with E-state index in [2.05, 4.69) is 0 Å². The molecule has 7 aliphatic rings. The molecule has 3 unspecified atom stereocenters. The summed E-state index contributed by atoms with van der Waals surface area (Å²) < 4.78 is 64.8. The van der Waals surface area contributed by atoms with Gasteiger partial charge in [0.05, 0.1) is 17.6 Å². The largest absolute Gasteiger partial charge is 0.461 e. The van der Waals surface area contributed by atoms with Gasteiger partial charge in [0.25, 0.3) is 10.1 Å². The summed E-state index contributed by atoms with van der Waals surface area (Å²) in [5, 5.41) is 40.6. The normalized spacial score (nSPS) is 49.6. The van der Waals surface area contributed by atoms with E-state index in [1.165, 1.54) is 0 Å². The van der Waals surface area contributed by atoms with Gasteiger partial charge in [-0.15, -0.1) is 0 Å². The van der Waals surface area contributed by atoms with Crippen LogP contribution >= 0.6 is 0 Å². The molecule has 8 rings (SSSR count). The molecule has 204 valence electrons. The molecule has 5 N–H and O–H groups in total. The van der Waals surface area contributed by atoms with Gasteiger partial charge in [0.1, 0.15) is 42.2 Å². The Morgan fingerprint density at radius 2 is 1.81 bits per heavy atom. The first-order valence-corrected chi connectivity index (χ1v) is 13.3. The quantitative estimate of drug-likeness (QED) is 0.197. The molecule has 4 saturated heterocycles.